The zero-order valence-corrected chi connectivity index (χ0v) is 10.7. The lowest BCUT2D eigenvalue weighted by Gasteiger charge is -2.22. The second-order valence-electron chi connectivity index (χ2n) is 4.45. The van der Waals surface area contributed by atoms with Crippen molar-refractivity contribution in [1.82, 2.24) is 10.3 Å². The smallest absolute Gasteiger partial charge is 0.0315 e. The predicted molar refractivity (Wildman–Crippen MR) is 69.4 cm³/mol. The maximum atomic E-state index is 4.17. The molecule has 0 aliphatic rings. The molecule has 0 fully saturated rings. The average Bonchev–Trinajstić information content (AvgIpc) is 2.31. The van der Waals surface area contributed by atoms with Crippen molar-refractivity contribution in [3.05, 3.63) is 30.1 Å². The van der Waals surface area contributed by atoms with Crippen molar-refractivity contribution in [1.29, 1.82) is 0 Å². The summed E-state index contributed by atoms with van der Waals surface area (Å²) in [5, 5.41) is 3.70. The molecule has 2 nitrogen and oxygen atoms in total. The minimum atomic E-state index is 0.400. The highest BCUT2D eigenvalue weighted by Crippen LogP contribution is 2.14. The molecule has 2 heteroatoms. The largest absolute Gasteiger partial charge is 0.307 e. The normalized spacial score (nSPS) is 13.0. The van der Waals surface area contributed by atoms with Gasteiger partial charge in [0.05, 0.1) is 0 Å². The van der Waals surface area contributed by atoms with Gasteiger partial charge < -0.3 is 5.32 Å². The van der Waals surface area contributed by atoms with Crippen LogP contribution in [0.2, 0.25) is 0 Å². The van der Waals surface area contributed by atoms with E-state index in [1.807, 2.05) is 18.5 Å². The van der Waals surface area contributed by atoms with Gasteiger partial charge in [-0.15, -0.1) is 0 Å². The van der Waals surface area contributed by atoms with Gasteiger partial charge in [0.2, 0.25) is 0 Å². The molecule has 0 aliphatic heterocycles. The standard InChI is InChI=1S/C14H24N2/c1-4-7-14(8-5-2)16-12(3)13-9-6-10-15-11-13/h6,9-12,14,16H,4-5,7-8H2,1-3H3/t12-/m1/s1. The van der Waals surface area contributed by atoms with Crippen LogP contribution in [0.5, 0.6) is 0 Å². The van der Waals surface area contributed by atoms with Crippen LogP contribution >= 0.6 is 0 Å². The molecular formula is C14H24N2. The van der Waals surface area contributed by atoms with Crippen molar-refractivity contribution < 1.29 is 0 Å². The van der Waals surface area contributed by atoms with Crippen LogP contribution in [0.25, 0.3) is 0 Å². The quantitative estimate of drug-likeness (QED) is 0.758. The van der Waals surface area contributed by atoms with Crippen molar-refractivity contribution in [3.8, 4) is 0 Å². The van der Waals surface area contributed by atoms with Gasteiger partial charge in [-0.1, -0.05) is 32.8 Å². The molecule has 0 saturated carbocycles. The highest BCUT2D eigenvalue weighted by molar-refractivity contribution is 5.12. The molecule has 0 amide bonds. The maximum Gasteiger partial charge on any atom is 0.0315 e. The molecule has 1 atom stereocenters. The van der Waals surface area contributed by atoms with Gasteiger partial charge >= 0.3 is 0 Å². The maximum absolute atomic E-state index is 4.17. The Labute approximate surface area is 99.5 Å². The van der Waals surface area contributed by atoms with E-state index in [2.05, 4.69) is 37.1 Å². The predicted octanol–water partition coefficient (Wildman–Crippen LogP) is 3.70. The Morgan fingerprint density at radius 3 is 2.44 bits per heavy atom. The fraction of sp³-hybridized carbons (Fsp3) is 0.643. The summed E-state index contributed by atoms with van der Waals surface area (Å²) in [6.45, 7) is 6.72. The van der Waals surface area contributed by atoms with Crippen molar-refractivity contribution in [2.75, 3.05) is 0 Å². The van der Waals surface area contributed by atoms with Gasteiger partial charge in [-0.25, -0.2) is 0 Å². The lowest BCUT2D eigenvalue weighted by molar-refractivity contribution is 0.402. The Morgan fingerprint density at radius 1 is 1.25 bits per heavy atom. The number of nitrogens with zero attached hydrogens (tertiary/aromatic N) is 1. The molecule has 1 heterocycles. The molecule has 16 heavy (non-hydrogen) atoms. The van der Waals surface area contributed by atoms with Crippen LogP contribution in [0.15, 0.2) is 24.5 Å². The molecule has 1 aromatic rings. The van der Waals surface area contributed by atoms with Gasteiger partial charge in [0.15, 0.2) is 0 Å². The second kappa shape index (κ2) is 7.39. The van der Waals surface area contributed by atoms with Crippen molar-refractivity contribution in [2.45, 2.75) is 58.5 Å². The average molecular weight is 220 g/mol. The van der Waals surface area contributed by atoms with Crippen LogP contribution in [-0.2, 0) is 0 Å². The summed E-state index contributed by atoms with van der Waals surface area (Å²) in [5.74, 6) is 0. The topological polar surface area (TPSA) is 24.9 Å². The number of nitrogens with one attached hydrogen (secondary N) is 1. The number of aromatic nitrogens is 1. The molecule has 90 valence electrons. The van der Waals surface area contributed by atoms with Crippen LogP contribution in [0.4, 0.5) is 0 Å². The van der Waals surface area contributed by atoms with E-state index in [0.29, 0.717) is 12.1 Å². The first kappa shape index (κ1) is 13.2. The van der Waals surface area contributed by atoms with Crippen LogP contribution in [0.1, 0.15) is 58.1 Å². The minimum absolute atomic E-state index is 0.400. The number of rotatable bonds is 7. The van der Waals surface area contributed by atoms with Gasteiger partial charge in [-0.2, -0.15) is 0 Å². The molecule has 0 unspecified atom stereocenters. The van der Waals surface area contributed by atoms with E-state index in [1.54, 1.807) is 0 Å². The van der Waals surface area contributed by atoms with E-state index in [4.69, 9.17) is 0 Å². The Bertz CT molecular complexity index is 265. The van der Waals surface area contributed by atoms with Crippen LogP contribution in [0.3, 0.4) is 0 Å². The molecule has 1 aromatic heterocycles. The van der Waals surface area contributed by atoms with Gasteiger partial charge in [0, 0.05) is 24.5 Å². The SMILES string of the molecule is CCCC(CCC)N[C@H](C)c1cccnc1. The number of pyridine rings is 1. The van der Waals surface area contributed by atoms with Gasteiger partial charge in [0.1, 0.15) is 0 Å². The third-order valence-corrected chi connectivity index (χ3v) is 2.94. The van der Waals surface area contributed by atoms with Gasteiger partial charge in [-0.05, 0) is 31.4 Å². The lowest BCUT2D eigenvalue weighted by atomic mass is 10.0. The molecule has 0 aromatic carbocycles. The molecule has 0 spiro atoms. The van der Waals surface area contributed by atoms with Gasteiger partial charge in [0.25, 0.3) is 0 Å². The zero-order valence-electron chi connectivity index (χ0n) is 10.7. The summed E-state index contributed by atoms with van der Waals surface area (Å²) in [4.78, 5) is 4.17. The number of hydrogen-bond donors (Lipinski definition) is 1. The third-order valence-electron chi connectivity index (χ3n) is 2.94. The first-order chi connectivity index (χ1) is 7.77. The molecule has 0 saturated heterocycles. The van der Waals surface area contributed by atoms with Crippen LogP contribution in [0, 0.1) is 0 Å². The fourth-order valence-corrected chi connectivity index (χ4v) is 2.09. The van der Waals surface area contributed by atoms with Crippen LogP contribution < -0.4 is 5.32 Å². The van der Waals surface area contributed by atoms with E-state index >= 15 is 0 Å². The monoisotopic (exact) mass is 220 g/mol. The third kappa shape index (κ3) is 4.31. The van der Waals surface area contributed by atoms with Gasteiger partial charge in [-0.3, -0.25) is 4.98 Å². The van der Waals surface area contributed by atoms with E-state index in [0.717, 1.165) is 0 Å². The fourth-order valence-electron chi connectivity index (χ4n) is 2.09. The first-order valence-electron chi connectivity index (χ1n) is 6.43. The van der Waals surface area contributed by atoms with Crippen molar-refractivity contribution in [2.24, 2.45) is 0 Å². The van der Waals surface area contributed by atoms with Crippen molar-refractivity contribution >= 4 is 0 Å². The van der Waals surface area contributed by atoms with E-state index in [1.165, 1.54) is 31.2 Å². The molecular weight excluding hydrogens is 196 g/mol. The van der Waals surface area contributed by atoms with Crippen LogP contribution in [-0.4, -0.2) is 11.0 Å². The summed E-state index contributed by atoms with van der Waals surface area (Å²) in [5.41, 5.74) is 1.28. The number of hydrogen-bond acceptors (Lipinski definition) is 2. The van der Waals surface area contributed by atoms with E-state index in [-0.39, 0.29) is 0 Å². The highest BCUT2D eigenvalue weighted by Gasteiger charge is 2.11. The Kier molecular flexibility index (Phi) is 6.09. The van der Waals surface area contributed by atoms with E-state index in [9.17, 15) is 0 Å². The van der Waals surface area contributed by atoms with Crippen molar-refractivity contribution in [3.63, 3.8) is 0 Å². The summed E-state index contributed by atoms with van der Waals surface area (Å²) in [6, 6.07) is 5.18. The molecule has 1 N–H and O–H groups in total. The van der Waals surface area contributed by atoms with E-state index < -0.39 is 0 Å². The molecule has 0 bridgehead atoms. The summed E-state index contributed by atoms with van der Waals surface area (Å²) in [7, 11) is 0. The second-order valence-corrected chi connectivity index (χ2v) is 4.45. The Balaban J connectivity index is 2.50. The Morgan fingerprint density at radius 2 is 1.94 bits per heavy atom. The summed E-state index contributed by atoms with van der Waals surface area (Å²) < 4.78 is 0. The molecule has 1 rings (SSSR count). The lowest BCUT2D eigenvalue weighted by Crippen LogP contribution is -2.31. The summed E-state index contributed by atoms with van der Waals surface area (Å²) >= 11 is 0. The highest BCUT2D eigenvalue weighted by atomic mass is 14.9. The molecule has 0 aliphatic carbocycles. The first-order valence-corrected chi connectivity index (χ1v) is 6.43. The Hall–Kier alpha value is -0.890. The zero-order chi connectivity index (χ0) is 11.8. The molecule has 0 radical (unpaired) electrons. The minimum Gasteiger partial charge on any atom is -0.307 e. The summed E-state index contributed by atoms with van der Waals surface area (Å²) in [6.07, 6.45) is 8.80.